The van der Waals surface area contributed by atoms with Gasteiger partial charge >= 0.3 is 0 Å². The molecule has 0 radical (unpaired) electrons. The standard InChI is InChI=1S/C18H18N2O/c21-18(13-5-6-14-9-19-10-15(14)8-13)20-11-16-7-12-3-1-2-4-17(12)16/h1-6,8,16,19H,7,9-11H2,(H,20,21). The predicted molar refractivity (Wildman–Crippen MR) is 82.2 cm³/mol. The van der Waals surface area contributed by atoms with E-state index in [2.05, 4.69) is 41.0 Å². The summed E-state index contributed by atoms with van der Waals surface area (Å²) >= 11 is 0. The quantitative estimate of drug-likeness (QED) is 0.905. The van der Waals surface area contributed by atoms with E-state index in [9.17, 15) is 4.79 Å². The number of benzene rings is 2. The lowest BCUT2D eigenvalue weighted by Gasteiger charge is -2.30. The summed E-state index contributed by atoms with van der Waals surface area (Å²) in [7, 11) is 0. The molecule has 0 aromatic heterocycles. The molecule has 0 bridgehead atoms. The van der Waals surface area contributed by atoms with Gasteiger partial charge < -0.3 is 10.6 Å². The first kappa shape index (κ1) is 12.6. The van der Waals surface area contributed by atoms with Crippen LogP contribution in [0.4, 0.5) is 0 Å². The summed E-state index contributed by atoms with van der Waals surface area (Å²) < 4.78 is 0. The Morgan fingerprint density at radius 2 is 1.95 bits per heavy atom. The summed E-state index contributed by atoms with van der Waals surface area (Å²) in [6, 6.07) is 14.5. The van der Waals surface area contributed by atoms with Crippen LogP contribution in [0.2, 0.25) is 0 Å². The van der Waals surface area contributed by atoms with Crippen LogP contribution >= 0.6 is 0 Å². The van der Waals surface area contributed by atoms with Crippen molar-refractivity contribution in [1.82, 2.24) is 10.6 Å². The molecule has 0 fully saturated rings. The van der Waals surface area contributed by atoms with Crippen LogP contribution in [0.3, 0.4) is 0 Å². The molecule has 1 heterocycles. The fourth-order valence-electron chi connectivity index (χ4n) is 3.30. The normalized spacial score (nSPS) is 18.6. The minimum absolute atomic E-state index is 0.0362. The molecule has 21 heavy (non-hydrogen) atoms. The Balaban J connectivity index is 1.41. The number of hydrogen-bond donors (Lipinski definition) is 2. The monoisotopic (exact) mass is 278 g/mol. The third-order valence-corrected chi connectivity index (χ3v) is 4.57. The highest BCUT2D eigenvalue weighted by atomic mass is 16.1. The minimum Gasteiger partial charge on any atom is -0.351 e. The van der Waals surface area contributed by atoms with E-state index in [-0.39, 0.29) is 5.91 Å². The number of nitrogens with one attached hydrogen (secondary N) is 2. The highest BCUT2D eigenvalue weighted by Gasteiger charge is 2.25. The first-order chi connectivity index (χ1) is 10.3. The molecule has 0 spiro atoms. The van der Waals surface area contributed by atoms with Gasteiger partial charge in [0.25, 0.3) is 5.91 Å². The molecular formula is C18H18N2O. The van der Waals surface area contributed by atoms with Gasteiger partial charge in [-0.05, 0) is 40.8 Å². The SMILES string of the molecule is O=C(NCC1Cc2ccccc21)c1ccc2c(c1)CNC2. The van der Waals surface area contributed by atoms with E-state index < -0.39 is 0 Å². The van der Waals surface area contributed by atoms with Gasteiger partial charge in [0.05, 0.1) is 0 Å². The van der Waals surface area contributed by atoms with Crippen LogP contribution in [0.5, 0.6) is 0 Å². The Morgan fingerprint density at radius 1 is 1.10 bits per heavy atom. The van der Waals surface area contributed by atoms with Gasteiger partial charge in [-0.2, -0.15) is 0 Å². The molecule has 1 atom stereocenters. The third-order valence-electron chi connectivity index (χ3n) is 4.57. The zero-order valence-corrected chi connectivity index (χ0v) is 11.9. The van der Waals surface area contributed by atoms with Crippen molar-refractivity contribution in [3.05, 3.63) is 70.3 Å². The van der Waals surface area contributed by atoms with E-state index in [1.54, 1.807) is 0 Å². The van der Waals surface area contributed by atoms with Gasteiger partial charge in [-0.1, -0.05) is 30.3 Å². The van der Waals surface area contributed by atoms with Crippen molar-refractivity contribution >= 4 is 5.91 Å². The second kappa shape index (κ2) is 5.01. The molecule has 2 aromatic carbocycles. The molecule has 1 unspecified atom stereocenters. The van der Waals surface area contributed by atoms with E-state index in [1.165, 1.54) is 22.3 Å². The van der Waals surface area contributed by atoms with Crippen LogP contribution in [0, 0.1) is 0 Å². The Labute approximate surface area is 124 Å². The molecule has 3 nitrogen and oxygen atoms in total. The van der Waals surface area contributed by atoms with Gasteiger partial charge in [0, 0.05) is 31.1 Å². The molecule has 4 rings (SSSR count). The number of rotatable bonds is 3. The largest absolute Gasteiger partial charge is 0.351 e. The molecule has 2 aromatic rings. The summed E-state index contributed by atoms with van der Waals surface area (Å²) in [6.07, 6.45) is 1.07. The zero-order valence-electron chi connectivity index (χ0n) is 11.9. The van der Waals surface area contributed by atoms with Gasteiger partial charge in [-0.25, -0.2) is 0 Å². The number of hydrogen-bond acceptors (Lipinski definition) is 2. The summed E-state index contributed by atoms with van der Waals surface area (Å²) in [6.45, 7) is 2.51. The fraction of sp³-hybridized carbons (Fsp3) is 0.278. The van der Waals surface area contributed by atoms with Crippen LogP contribution in [-0.4, -0.2) is 12.5 Å². The van der Waals surface area contributed by atoms with Crippen LogP contribution in [0.1, 0.15) is 38.5 Å². The topological polar surface area (TPSA) is 41.1 Å². The van der Waals surface area contributed by atoms with Crippen molar-refractivity contribution in [1.29, 1.82) is 0 Å². The smallest absolute Gasteiger partial charge is 0.251 e. The maximum absolute atomic E-state index is 12.3. The van der Waals surface area contributed by atoms with Gasteiger partial charge in [-0.15, -0.1) is 0 Å². The molecule has 3 heteroatoms. The summed E-state index contributed by atoms with van der Waals surface area (Å²) in [5.74, 6) is 0.510. The van der Waals surface area contributed by atoms with Crippen LogP contribution in [-0.2, 0) is 19.5 Å². The minimum atomic E-state index is 0.0362. The predicted octanol–water partition coefficient (Wildman–Crippen LogP) is 2.36. The fourth-order valence-corrected chi connectivity index (χ4v) is 3.30. The number of amides is 1. The van der Waals surface area contributed by atoms with Gasteiger partial charge in [0.1, 0.15) is 0 Å². The van der Waals surface area contributed by atoms with E-state index >= 15 is 0 Å². The molecule has 2 N–H and O–H groups in total. The van der Waals surface area contributed by atoms with Gasteiger partial charge in [-0.3, -0.25) is 4.79 Å². The average Bonchev–Trinajstić information content (AvgIpc) is 2.95. The number of carbonyl (C=O) groups excluding carboxylic acids is 1. The van der Waals surface area contributed by atoms with Crippen LogP contribution < -0.4 is 10.6 Å². The van der Waals surface area contributed by atoms with Crippen molar-refractivity contribution in [2.24, 2.45) is 0 Å². The Bertz CT molecular complexity index is 708. The highest BCUT2D eigenvalue weighted by molar-refractivity contribution is 5.94. The average molecular weight is 278 g/mol. The third kappa shape index (κ3) is 2.24. The molecule has 2 aliphatic rings. The van der Waals surface area contributed by atoms with Gasteiger partial charge in [0.15, 0.2) is 0 Å². The lowest BCUT2D eigenvalue weighted by atomic mass is 9.77. The second-order valence-electron chi connectivity index (χ2n) is 5.90. The molecule has 1 amide bonds. The van der Waals surface area contributed by atoms with Crippen LogP contribution in [0.15, 0.2) is 42.5 Å². The molecular weight excluding hydrogens is 260 g/mol. The van der Waals surface area contributed by atoms with Crippen molar-refractivity contribution in [3.63, 3.8) is 0 Å². The lowest BCUT2D eigenvalue weighted by molar-refractivity contribution is 0.0950. The number of carbonyl (C=O) groups is 1. The Morgan fingerprint density at radius 3 is 2.86 bits per heavy atom. The van der Waals surface area contributed by atoms with Crippen LogP contribution in [0.25, 0.3) is 0 Å². The molecule has 1 aliphatic carbocycles. The van der Waals surface area contributed by atoms with E-state index in [0.29, 0.717) is 5.92 Å². The number of fused-ring (bicyclic) bond motifs is 2. The lowest BCUT2D eigenvalue weighted by Crippen LogP contribution is -2.33. The second-order valence-corrected chi connectivity index (χ2v) is 5.90. The highest BCUT2D eigenvalue weighted by Crippen LogP contribution is 2.34. The van der Waals surface area contributed by atoms with E-state index in [4.69, 9.17) is 0 Å². The first-order valence-corrected chi connectivity index (χ1v) is 7.50. The van der Waals surface area contributed by atoms with E-state index in [0.717, 1.165) is 31.6 Å². The summed E-state index contributed by atoms with van der Waals surface area (Å²) in [5, 5.41) is 6.38. The molecule has 0 saturated heterocycles. The first-order valence-electron chi connectivity index (χ1n) is 7.50. The summed E-state index contributed by atoms with van der Waals surface area (Å²) in [5.41, 5.74) is 6.12. The molecule has 106 valence electrons. The maximum Gasteiger partial charge on any atom is 0.251 e. The Kier molecular flexibility index (Phi) is 3.00. The van der Waals surface area contributed by atoms with Gasteiger partial charge in [0.2, 0.25) is 0 Å². The van der Waals surface area contributed by atoms with Crippen molar-refractivity contribution in [2.45, 2.75) is 25.4 Å². The van der Waals surface area contributed by atoms with Crippen molar-refractivity contribution in [2.75, 3.05) is 6.54 Å². The maximum atomic E-state index is 12.3. The summed E-state index contributed by atoms with van der Waals surface area (Å²) in [4.78, 5) is 12.3. The molecule has 1 aliphatic heterocycles. The van der Waals surface area contributed by atoms with E-state index in [1.807, 2.05) is 12.1 Å². The Hall–Kier alpha value is -2.13. The zero-order chi connectivity index (χ0) is 14.2. The van der Waals surface area contributed by atoms with Crippen molar-refractivity contribution < 1.29 is 4.79 Å². The molecule has 0 saturated carbocycles. The van der Waals surface area contributed by atoms with Crippen molar-refractivity contribution in [3.8, 4) is 0 Å².